The van der Waals surface area contributed by atoms with E-state index in [2.05, 4.69) is 18.9 Å². The van der Waals surface area contributed by atoms with Crippen molar-refractivity contribution in [2.45, 2.75) is 58.0 Å². The third-order valence-electron chi connectivity index (χ3n) is 3.42. The molecule has 2 nitrogen and oxygen atoms in total. The molecule has 1 aliphatic rings. The minimum absolute atomic E-state index is 0.00737. The lowest BCUT2D eigenvalue weighted by Crippen LogP contribution is -2.37. The first-order valence-electron chi connectivity index (χ1n) is 6.59. The molecule has 0 aromatic carbocycles. The molecular weight excluding hydrogens is 186 g/mol. The highest BCUT2D eigenvalue weighted by Crippen LogP contribution is 2.27. The molecule has 0 spiro atoms. The van der Waals surface area contributed by atoms with Crippen LogP contribution in [0.15, 0.2) is 0 Å². The fourth-order valence-electron chi connectivity index (χ4n) is 2.37. The second kappa shape index (κ2) is 7.24. The van der Waals surface area contributed by atoms with Crippen molar-refractivity contribution in [1.29, 1.82) is 0 Å². The molecule has 0 heterocycles. The predicted molar refractivity (Wildman–Crippen MR) is 65.0 cm³/mol. The van der Waals surface area contributed by atoms with Crippen LogP contribution < -0.4 is 0 Å². The largest absolute Gasteiger partial charge is 0.393 e. The van der Waals surface area contributed by atoms with Crippen LogP contribution in [-0.4, -0.2) is 36.2 Å². The molecule has 1 rings (SSSR count). The molecule has 1 fully saturated rings. The Labute approximate surface area is 94.7 Å². The molecule has 90 valence electrons. The maximum atomic E-state index is 9.19. The Bertz CT molecular complexity index is 155. The van der Waals surface area contributed by atoms with E-state index in [-0.39, 0.29) is 6.10 Å². The Morgan fingerprint density at radius 2 is 1.80 bits per heavy atom. The maximum Gasteiger partial charge on any atom is 0.0546 e. The molecule has 0 atom stereocenters. The summed E-state index contributed by atoms with van der Waals surface area (Å²) in [5.74, 6) is 0.764. The number of hydrogen-bond acceptors (Lipinski definition) is 2. The minimum atomic E-state index is 0.00737. The summed E-state index contributed by atoms with van der Waals surface area (Å²) in [6.45, 7) is 4.68. The minimum Gasteiger partial charge on any atom is -0.393 e. The van der Waals surface area contributed by atoms with Crippen LogP contribution >= 0.6 is 0 Å². The van der Waals surface area contributed by atoms with E-state index >= 15 is 0 Å². The van der Waals surface area contributed by atoms with E-state index in [1.54, 1.807) is 0 Å². The van der Waals surface area contributed by atoms with Crippen LogP contribution in [0.25, 0.3) is 0 Å². The molecule has 2 heteroatoms. The first kappa shape index (κ1) is 13.0. The average molecular weight is 213 g/mol. The van der Waals surface area contributed by atoms with Gasteiger partial charge in [0.05, 0.1) is 6.10 Å². The Morgan fingerprint density at radius 3 is 2.40 bits per heavy atom. The number of aliphatic hydroxyl groups is 1. The Hall–Kier alpha value is -0.0800. The fraction of sp³-hybridized carbons (Fsp3) is 1.00. The monoisotopic (exact) mass is 213 g/mol. The van der Waals surface area contributed by atoms with Crippen molar-refractivity contribution < 1.29 is 5.11 Å². The summed E-state index contributed by atoms with van der Waals surface area (Å²) in [6, 6.07) is 0. The van der Waals surface area contributed by atoms with Gasteiger partial charge in [0.25, 0.3) is 0 Å². The first-order chi connectivity index (χ1) is 7.22. The zero-order valence-electron chi connectivity index (χ0n) is 10.4. The van der Waals surface area contributed by atoms with Gasteiger partial charge in [-0.25, -0.2) is 0 Å². The van der Waals surface area contributed by atoms with Gasteiger partial charge in [0.1, 0.15) is 0 Å². The standard InChI is InChI=1S/C13H27NO/c1-3-4-5-6-7-8-14(2)11-12-9-13(15)10-12/h12-13,15H,3-11H2,1-2H3. The lowest BCUT2D eigenvalue weighted by atomic mass is 9.82. The smallest absolute Gasteiger partial charge is 0.0546 e. The van der Waals surface area contributed by atoms with Gasteiger partial charge in [-0.15, -0.1) is 0 Å². The molecule has 15 heavy (non-hydrogen) atoms. The van der Waals surface area contributed by atoms with Crippen LogP contribution in [0.2, 0.25) is 0 Å². The summed E-state index contributed by atoms with van der Waals surface area (Å²) >= 11 is 0. The molecule has 1 saturated carbocycles. The van der Waals surface area contributed by atoms with Crippen LogP contribution in [0.3, 0.4) is 0 Å². The van der Waals surface area contributed by atoms with Gasteiger partial charge in [0.15, 0.2) is 0 Å². The topological polar surface area (TPSA) is 23.5 Å². The average Bonchev–Trinajstić information content (AvgIpc) is 2.15. The van der Waals surface area contributed by atoms with E-state index in [0.29, 0.717) is 0 Å². The maximum absolute atomic E-state index is 9.19. The molecule has 0 aliphatic heterocycles. The summed E-state index contributed by atoms with van der Waals surface area (Å²) < 4.78 is 0. The molecule has 0 saturated heterocycles. The zero-order valence-corrected chi connectivity index (χ0v) is 10.4. The quantitative estimate of drug-likeness (QED) is 0.627. The van der Waals surface area contributed by atoms with E-state index in [1.807, 2.05) is 0 Å². The van der Waals surface area contributed by atoms with E-state index in [4.69, 9.17) is 0 Å². The van der Waals surface area contributed by atoms with Crippen molar-refractivity contribution in [3.63, 3.8) is 0 Å². The van der Waals surface area contributed by atoms with Gasteiger partial charge >= 0.3 is 0 Å². The van der Waals surface area contributed by atoms with Gasteiger partial charge < -0.3 is 10.0 Å². The van der Waals surface area contributed by atoms with Crippen LogP contribution in [0.5, 0.6) is 0 Å². The third-order valence-corrected chi connectivity index (χ3v) is 3.42. The van der Waals surface area contributed by atoms with E-state index in [0.717, 1.165) is 18.8 Å². The molecule has 0 radical (unpaired) electrons. The second-order valence-corrected chi connectivity index (χ2v) is 5.17. The highest BCUT2D eigenvalue weighted by atomic mass is 16.3. The molecule has 0 amide bonds. The van der Waals surface area contributed by atoms with Gasteiger partial charge in [0, 0.05) is 6.54 Å². The van der Waals surface area contributed by atoms with Crippen molar-refractivity contribution in [3.05, 3.63) is 0 Å². The number of rotatable bonds is 8. The first-order valence-corrected chi connectivity index (χ1v) is 6.59. The normalized spacial score (nSPS) is 25.6. The van der Waals surface area contributed by atoms with Crippen LogP contribution in [0.1, 0.15) is 51.9 Å². The van der Waals surface area contributed by atoms with Crippen molar-refractivity contribution in [3.8, 4) is 0 Å². The number of aliphatic hydroxyl groups excluding tert-OH is 1. The summed E-state index contributed by atoms with van der Waals surface area (Å²) in [5, 5.41) is 9.19. The van der Waals surface area contributed by atoms with Crippen molar-refractivity contribution >= 4 is 0 Å². The van der Waals surface area contributed by atoms with Crippen LogP contribution in [0.4, 0.5) is 0 Å². The molecule has 1 N–H and O–H groups in total. The summed E-state index contributed by atoms with van der Waals surface area (Å²) in [7, 11) is 2.21. The molecule has 1 aliphatic carbocycles. The van der Waals surface area contributed by atoms with Gasteiger partial charge in [-0.2, -0.15) is 0 Å². The van der Waals surface area contributed by atoms with Gasteiger partial charge in [0.2, 0.25) is 0 Å². The van der Waals surface area contributed by atoms with Gasteiger partial charge in [-0.05, 0) is 38.8 Å². The Morgan fingerprint density at radius 1 is 1.13 bits per heavy atom. The lowest BCUT2D eigenvalue weighted by Gasteiger charge is -2.34. The SMILES string of the molecule is CCCCCCCN(C)CC1CC(O)C1. The predicted octanol–water partition coefficient (Wildman–Crippen LogP) is 2.66. The Balaban J connectivity index is 1.87. The number of unbranched alkanes of at least 4 members (excludes halogenated alkanes) is 4. The zero-order chi connectivity index (χ0) is 11.1. The van der Waals surface area contributed by atoms with Crippen molar-refractivity contribution in [2.75, 3.05) is 20.1 Å². The molecular formula is C13H27NO. The lowest BCUT2D eigenvalue weighted by molar-refractivity contribution is 0.0282. The van der Waals surface area contributed by atoms with Crippen molar-refractivity contribution in [1.82, 2.24) is 4.90 Å². The third kappa shape index (κ3) is 5.53. The molecule has 0 bridgehead atoms. The second-order valence-electron chi connectivity index (χ2n) is 5.17. The summed E-state index contributed by atoms with van der Waals surface area (Å²) in [6.07, 6.45) is 8.89. The van der Waals surface area contributed by atoms with Gasteiger partial charge in [-0.1, -0.05) is 32.6 Å². The van der Waals surface area contributed by atoms with E-state index < -0.39 is 0 Å². The van der Waals surface area contributed by atoms with Crippen molar-refractivity contribution in [2.24, 2.45) is 5.92 Å². The fourth-order valence-corrected chi connectivity index (χ4v) is 2.37. The van der Waals surface area contributed by atoms with E-state index in [9.17, 15) is 5.11 Å². The highest BCUT2D eigenvalue weighted by Gasteiger charge is 2.27. The summed E-state index contributed by atoms with van der Waals surface area (Å²) in [5.41, 5.74) is 0. The van der Waals surface area contributed by atoms with E-state index in [1.165, 1.54) is 45.2 Å². The number of hydrogen-bond donors (Lipinski definition) is 1. The number of nitrogens with zero attached hydrogens (tertiary/aromatic N) is 1. The highest BCUT2D eigenvalue weighted by molar-refractivity contribution is 4.80. The molecule has 0 aromatic rings. The summed E-state index contributed by atoms with van der Waals surface area (Å²) in [4.78, 5) is 2.43. The van der Waals surface area contributed by atoms with Gasteiger partial charge in [-0.3, -0.25) is 0 Å². The van der Waals surface area contributed by atoms with Crippen LogP contribution in [-0.2, 0) is 0 Å². The Kier molecular flexibility index (Phi) is 6.26. The molecule has 0 unspecified atom stereocenters. The molecule has 0 aromatic heterocycles. The van der Waals surface area contributed by atoms with Crippen LogP contribution in [0, 0.1) is 5.92 Å².